The first-order valence-corrected chi connectivity index (χ1v) is 13.7. The van der Waals surface area contributed by atoms with Crippen LogP contribution in [0.15, 0.2) is 18.2 Å². The number of ether oxygens (including phenoxy) is 5. The molecule has 0 fully saturated rings. The molecule has 0 aromatic heterocycles. The molecule has 0 bridgehead atoms. The molecule has 0 aliphatic carbocycles. The fourth-order valence-electron chi connectivity index (χ4n) is 3.42. The lowest BCUT2D eigenvalue weighted by molar-refractivity contribution is -0.148. The predicted molar refractivity (Wildman–Crippen MR) is 143 cm³/mol. The third-order valence-corrected chi connectivity index (χ3v) is 5.51. The van der Waals surface area contributed by atoms with E-state index in [-0.39, 0.29) is 50.1 Å². The summed E-state index contributed by atoms with van der Waals surface area (Å²) in [6.45, 7) is 8.08. The average Bonchev–Trinajstić information content (AvgIpc) is 2.88. The van der Waals surface area contributed by atoms with Crippen molar-refractivity contribution in [1.82, 2.24) is 5.32 Å². The molecule has 1 unspecified atom stereocenters. The first-order valence-electron chi connectivity index (χ1n) is 13.7. The number of carbonyl (C=O) groups is 4. The van der Waals surface area contributed by atoms with Crippen molar-refractivity contribution in [3.63, 3.8) is 0 Å². The SMILES string of the molecule is CCCCCOC(=O)Oc1ccc(C[C@H](NCC(C)OC(=O)CCC)C(=O)O)cc1OC(=O)OCCCCC. The van der Waals surface area contributed by atoms with Crippen LogP contribution in [0.2, 0.25) is 0 Å². The van der Waals surface area contributed by atoms with Crippen LogP contribution in [0.4, 0.5) is 9.59 Å². The quantitative estimate of drug-likeness (QED) is 0.0980. The number of rotatable bonds is 19. The van der Waals surface area contributed by atoms with E-state index < -0.39 is 30.4 Å². The van der Waals surface area contributed by atoms with Gasteiger partial charge in [0.1, 0.15) is 12.1 Å². The summed E-state index contributed by atoms with van der Waals surface area (Å²) < 4.78 is 25.9. The molecule has 1 rings (SSSR count). The van der Waals surface area contributed by atoms with E-state index in [0.717, 1.165) is 25.7 Å². The van der Waals surface area contributed by atoms with Gasteiger partial charge in [-0.25, -0.2) is 9.59 Å². The van der Waals surface area contributed by atoms with E-state index in [1.807, 2.05) is 20.8 Å². The van der Waals surface area contributed by atoms with Crippen molar-refractivity contribution in [3.8, 4) is 11.5 Å². The zero-order chi connectivity index (χ0) is 29.0. The van der Waals surface area contributed by atoms with E-state index in [0.29, 0.717) is 24.8 Å². The smallest absolute Gasteiger partial charge is 0.480 e. The number of benzene rings is 1. The van der Waals surface area contributed by atoms with Gasteiger partial charge in [-0.2, -0.15) is 0 Å². The molecule has 39 heavy (non-hydrogen) atoms. The number of carbonyl (C=O) groups excluding carboxylic acids is 3. The molecule has 0 radical (unpaired) electrons. The number of unbranched alkanes of at least 4 members (excludes halogenated alkanes) is 4. The second kappa shape index (κ2) is 19.7. The second-order valence-electron chi connectivity index (χ2n) is 9.15. The third kappa shape index (κ3) is 15.0. The summed E-state index contributed by atoms with van der Waals surface area (Å²) in [5.74, 6) is -1.64. The molecule has 0 amide bonds. The van der Waals surface area contributed by atoms with Gasteiger partial charge in [0.25, 0.3) is 0 Å². The van der Waals surface area contributed by atoms with Gasteiger partial charge in [0.05, 0.1) is 13.2 Å². The normalized spacial score (nSPS) is 12.2. The highest BCUT2D eigenvalue weighted by molar-refractivity contribution is 5.74. The van der Waals surface area contributed by atoms with Crippen LogP contribution in [-0.2, 0) is 30.2 Å². The molecule has 0 heterocycles. The Bertz CT molecular complexity index is 904. The topological polar surface area (TPSA) is 147 Å². The second-order valence-corrected chi connectivity index (χ2v) is 9.15. The standard InChI is InChI=1S/C28H43NO10/c1-5-8-10-15-35-27(33)38-23-14-13-21(18-24(23)39-28(34)36-16-11-9-6-2)17-22(26(31)32)29-19-20(4)37-25(30)12-7-3/h13-14,18,20,22,29H,5-12,15-17,19H2,1-4H3,(H,31,32)/t20?,22-/m0/s1. The van der Waals surface area contributed by atoms with Crippen molar-refractivity contribution in [2.24, 2.45) is 0 Å². The summed E-state index contributed by atoms with van der Waals surface area (Å²) in [4.78, 5) is 47.9. The molecular formula is C28H43NO10. The van der Waals surface area contributed by atoms with Crippen LogP contribution in [0.5, 0.6) is 11.5 Å². The summed E-state index contributed by atoms with van der Waals surface area (Å²) in [6, 6.07) is 3.34. The van der Waals surface area contributed by atoms with Crippen molar-refractivity contribution in [1.29, 1.82) is 0 Å². The third-order valence-electron chi connectivity index (χ3n) is 5.51. The Kier molecular flexibility index (Phi) is 17.0. The summed E-state index contributed by atoms with van der Waals surface area (Å²) in [7, 11) is 0. The van der Waals surface area contributed by atoms with Crippen LogP contribution in [0.25, 0.3) is 0 Å². The van der Waals surface area contributed by atoms with E-state index in [1.54, 1.807) is 13.0 Å². The minimum atomic E-state index is -1.11. The van der Waals surface area contributed by atoms with E-state index in [2.05, 4.69) is 5.32 Å². The van der Waals surface area contributed by atoms with Crippen LogP contribution >= 0.6 is 0 Å². The lowest BCUT2D eigenvalue weighted by Gasteiger charge is -2.19. The van der Waals surface area contributed by atoms with Crippen LogP contribution in [0.3, 0.4) is 0 Å². The van der Waals surface area contributed by atoms with Gasteiger partial charge in [0, 0.05) is 13.0 Å². The molecule has 0 spiro atoms. The lowest BCUT2D eigenvalue weighted by Crippen LogP contribution is -2.42. The van der Waals surface area contributed by atoms with Gasteiger partial charge < -0.3 is 34.1 Å². The monoisotopic (exact) mass is 553 g/mol. The van der Waals surface area contributed by atoms with Crippen molar-refractivity contribution in [2.75, 3.05) is 19.8 Å². The minimum absolute atomic E-state index is 0.00854. The Labute approximate surface area is 230 Å². The van der Waals surface area contributed by atoms with Crippen molar-refractivity contribution >= 4 is 24.2 Å². The minimum Gasteiger partial charge on any atom is -0.480 e. The maximum atomic E-state index is 12.2. The summed E-state index contributed by atoms with van der Waals surface area (Å²) >= 11 is 0. The molecule has 220 valence electrons. The number of nitrogens with one attached hydrogen (secondary N) is 1. The van der Waals surface area contributed by atoms with Gasteiger partial charge in [-0.05, 0) is 50.3 Å². The highest BCUT2D eigenvalue weighted by Gasteiger charge is 2.22. The number of carboxylic acid groups (broad SMARTS) is 1. The van der Waals surface area contributed by atoms with Crippen LogP contribution in [0.1, 0.15) is 84.6 Å². The van der Waals surface area contributed by atoms with Crippen LogP contribution < -0.4 is 14.8 Å². The number of hydrogen-bond donors (Lipinski definition) is 2. The Morgan fingerprint density at radius 2 is 1.44 bits per heavy atom. The van der Waals surface area contributed by atoms with Crippen LogP contribution in [0, 0.1) is 0 Å². The summed E-state index contributed by atoms with van der Waals surface area (Å²) in [5, 5.41) is 12.6. The Balaban J connectivity index is 2.94. The van der Waals surface area contributed by atoms with Gasteiger partial charge in [-0.3, -0.25) is 9.59 Å². The molecule has 0 saturated heterocycles. The number of esters is 1. The zero-order valence-electron chi connectivity index (χ0n) is 23.5. The number of carboxylic acids is 1. The highest BCUT2D eigenvalue weighted by Crippen LogP contribution is 2.30. The molecule has 1 aromatic carbocycles. The summed E-state index contributed by atoms with van der Waals surface area (Å²) in [6.07, 6.45) is 3.60. The Morgan fingerprint density at radius 3 is 1.97 bits per heavy atom. The molecule has 2 N–H and O–H groups in total. The van der Waals surface area contributed by atoms with E-state index >= 15 is 0 Å². The molecule has 2 atom stereocenters. The van der Waals surface area contributed by atoms with Gasteiger partial charge in [-0.1, -0.05) is 52.5 Å². The Hall–Kier alpha value is -3.34. The number of aliphatic carboxylic acids is 1. The molecule has 1 aromatic rings. The van der Waals surface area contributed by atoms with Crippen LogP contribution in [-0.4, -0.2) is 61.3 Å². The first-order chi connectivity index (χ1) is 18.7. The zero-order valence-corrected chi connectivity index (χ0v) is 23.5. The molecule has 0 aliphatic rings. The van der Waals surface area contributed by atoms with E-state index in [1.165, 1.54) is 12.1 Å². The maximum absolute atomic E-state index is 12.2. The maximum Gasteiger partial charge on any atom is 0.513 e. The molecule has 0 saturated carbocycles. The first kappa shape index (κ1) is 33.7. The van der Waals surface area contributed by atoms with Gasteiger partial charge in [0.15, 0.2) is 11.5 Å². The predicted octanol–water partition coefficient (Wildman–Crippen LogP) is 5.41. The molecule has 0 aliphatic heterocycles. The Morgan fingerprint density at radius 1 is 0.846 bits per heavy atom. The molecular weight excluding hydrogens is 510 g/mol. The molecule has 11 heteroatoms. The van der Waals surface area contributed by atoms with Crippen molar-refractivity contribution in [2.45, 2.75) is 97.6 Å². The number of hydrogen-bond acceptors (Lipinski definition) is 10. The van der Waals surface area contributed by atoms with E-state index in [4.69, 9.17) is 23.7 Å². The summed E-state index contributed by atoms with van der Waals surface area (Å²) in [5.41, 5.74) is 0.489. The van der Waals surface area contributed by atoms with Gasteiger partial charge in [0.2, 0.25) is 0 Å². The average molecular weight is 554 g/mol. The largest absolute Gasteiger partial charge is 0.513 e. The van der Waals surface area contributed by atoms with Crippen molar-refractivity contribution < 1.29 is 48.0 Å². The fraction of sp³-hybridized carbons (Fsp3) is 0.643. The lowest BCUT2D eigenvalue weighted by atomic mass is 10.0. The molecule has 11 nitrogen and oxygen atoms in total. The van der Waals surface area contributed by atoms with E-state index in [9.17, 15) is 24.3 Å². The van der Waals surface area contributed by atoms with Gasteiger partial charge >= 0.3 is 24.2 Å². The highest BCUT2D eigenvalue weighted by atomic mass is 16.7. The van der Waals surface area contributed by atoms with Crippen molar-refractivity contribution in [3.05, 3.63) is 23.8 Å². The fourth-order valence-corrected chi connectivity index (χ4v) is 3.42. The van der Waals surface area contributed by atoms with Gasteiger partial charge in [-0.15, -0.1) is 0 Å².